The molecule has 1 aromatic rings. The third kappa shape index (κ3) is 2.65. The highest BCUT2D eigenvalue weighted by Crippen LogP contribution is 2.34. The first-order valence-electron chi connectivity index (χ1n) is 3.44. The summed E-state index contributed by atoms with van der Waals surface area (Å²) < 4.78 is 41.1. The highest BCUT2D eigenvalue weighted by Gasteiger charge is 2.30. The normalized spacial score (nSPS) is 11.2. The average molecular weight is 268 g/mol. The van der Waals surface area contributed by atoms with Crippen molar-refractivity contribution in [3.05, 3.63) is 28.2 Å². The van der Waals surface area contributed by atoms with Crippen molar-refractivity contribution in [1.29, 1.82) is 0 Å². The summed E-state index contributed by atoms with van der Waals surface area (Å²) in [5, 5.41) is 8.28. The second kappa shape index (κ2) is 4.23. The predicted molar refractivity (Wildman–Crippen MR) is 47.7 cm³/mol. The van der Waals surface area contributed by atoms with Crippen LogP contribution in [0.1, 0.15) is 5.56 Å². The number of rotatable bonds is 2. The molecule has 0 bridgehead atoms. The molecule has 75 valence electrons. The van der Waals surface area contributed by atoms with E-state index in [4.69, 9.17) is 5.02 Å². The van der Waals surface area contributed by atoms with Crippen molar-refractivity contribution < 1.29 is 22.8 Å². The van der Waals surface area contributed by atoms with E-state index in [2.05, 4.69) is 20.6 Å². The van der Waals surface area contributed by atoms with Crippen LogP contribution in [0, 0.1) is 0 Å². The van der Waals surface area contributed by atoms with Gasteiger partial charge in [-0.2, -0.15) is 13.2 Å². The van der Waals surface area contributed by atoms with E-state index in [-0.39, 0.29) is 10.2 Å². The Morgan fingerprint density at radius 2 is 2.00 bits per heavy atom. The lowest BCUT2D eigenvalue weighted by molar-refractivity contribution is -0.137. The van der Waals surface area contributed by atoms with E-state index >= 15 is 0 Å². The van der Waals surface area contributed by atoms with E-state index in [1.807, 2.05) is 0 Å². The number of benzene rings is 1. The maximum absolute atomic E-state index is 12.2. The molecule has 0 aliphatic heterocycles. The summed E-state index contributed by atoms with van der Waals surface area (Å²) in [6, 6.07) is 2.85. The standard InChI is InChI=1S/C7H4BBrF3O2/c9-5-3-4(7(10,11)12)1-2-6(5)14-8-13/h1-3,13H. The molecule has 0 saturated carbocycles. The Bertz CT molecular complexity index is 329. The molecular formula is C7H4BBrF3O2. The van der Waals surface area contributed by atoms with Gasteiger partial charge in [0.2, 0.25) is 0 Å². The molecule has 0 amide bonds. The van der Waals surface area contributed by atoms with E-state index in [0.717, 1.165) is 18.2 Å². The molecule has 0 atom stereocenters. The molecule has 1 N–H and O–H groups in total. The highest BCUT2D eigenvalue weighted by atomic mass is 79.9. The first-order chi connectivity index (χ1) is 6.45. The van der Waals surface area contributed by atoms with Crippen molar-refractivity contribution in [3.63, 3.8) is 0 Å². The van der Waals surface area contributed by atoms with Gasteiger partial charge >= 0.3 is 13.9 Å². The SMILES string of the molecule is O[B]Oc1ccc(C(F)(F)F)cc1Br. The largest absolute Gasteiger partial charge is 0.569 e. The monoisotopic (exact) mass is 267 g/mol. The fourth-order valence-electron chi connectivity index (χ4n) is 0.830. The molecule has 0 spiro atoms. The molecule has 7 heteroatoms. The van der Waals surface area contributed by atoms with E-state index in [9.17, 15) is 13.2 Å². The van der Waals surface area contributed by atoms with Crippen molar-refractivity contribution in [2.24, 2.45) is 0 Å². The molecule has 1 rings (SSSR count). The highest BCUT2D eigenvalue weighted by molar-refractivity contribution is 9.10. The number of hydrogen-bond donors (Lipinski definition) is 1. The van der Waals surface area contributed by atoms with Crippen LogP contribution in [0.4, 0.5) is 13.2 Å². The summed E-state index contributed by atoms with van der Waals surface area (Å²) in [6.07, 6.45) is -4.38. The van der Waals surface area contributed by atoms with E-state index in [1.54, 1.807) is 0 Å². The minimum Gasteiger partial charge on any atom is -0.537 e. The molecule has 0 saturated heterocycles. The topological polar surface area (TPSA) is 29.5 Å². The zero-order valence-corrected chi connectivity index (χ0v) is 8.26. The zero-order valence-electron chi connectivity index (χ0n) is 6.68. The Kier molecular flexibility index (Phi) is 3.44. The third-order valence-corrected chi connectivity index (χ3v) is 2.06. The van der Waals surface area contributed by atoms with Gasteiger partial charge in [0, 0.05) is 0 Å². The van der Waals surface area contributed by atoms with Gasteiger partial charge in [0.25, 0.3) is 0 Å². The summed E-state index contributed by atoms with van der Waals surface area (Å²) in [7, 11) is 0.396. The quantitative estimate of drug-likeness (QED) is 0.834. The van der Waals surface area contributed by atoms with E-state index in [1.165, 1.54) is 0 Å². The van der Waals surface area contributed by atoms with Crippen LogP contribution in [0.5, 0.6) is 5.75 Å². The van der Waals surface area contributed by atoms with Gasteiger partial charge in [0.15, 0.2) is 0 Å². The lowest BCUT2D eigenvalue weighted by Gasteiger charge is -2.09. The Labute approximate surface area is 87.1 Å². The maximum Gasteiger partial charge on any atom is 0.569 e. The van der Waals surface area contributed by atoms with Crippen LogP contribution in [-0.2, 0) is 6.18 Å². The predicted octanol–water partition coefficient (Wildman–Crippen LogP) is 2.37. The lowest BCUT2D eigenvalue weighted by atomic mass is 10.2. The molecule has 0 heterocycles. The zero-order chi connectivity index (χ0) is 10.8. The van der Waals surface area contributed by atoms with Crippen molar-refractivity contribution in [2.45, 2.75) is 6.18 Å². The van der Waals surface area contributed by atoms with E-state index in [0.29, 0.717) is 7.69 Å². The fraction of sp³-hybridized carbons (Fsp3) is 0.143. The van der Waals surface area contributed by atoms with Crippen molar-refractivity contribution in [3.8, 4) is 5.75 Å². The summed E-state index contributed by atoms with van der Waals surface area (Å²) in [6.45, 7) is 0. The molecule has 0 fully saturated rings. The minimum absolute atomic E-state index is 0.112. The second-order valence-corrected chi connectivity index (χ2v) is 3.22. The number of hydrogen-bond acceptors (Lipinski definition) is 2. The van der Waals surface area contributed by atoms with Gasteiger partial charge in [0.1, 0.15) is 5.75 Å². The van der Waals surface area contributed by atoms with Crippen LogP contribution in [0.2, 0.25) is 0 Å². The average Bonchev–Trinajstić information content (AvgIpc) is 2.07. The van der Waals surface area contributed by atoms with Gasteiger partial charge < -0.3 is 9.68 Å². The van der Waals surface area contributed by atoms with Crippen LogP contribution >= 0.6 is 15.9 Å². The molecular weight excluding hydrogens is 264 g/mol. The molecule has 14 heavy (non-hydrogen) atoms. The first-order valence-corrected chi connectivity index (χ1v) is 4.23. The van der Waals surface area contributed by atoms with Crippen molar-refractivity contribution >= 4 is 23.6 Å². The van der Waals surface area contributed by atoms with Crippen LogP contribution in [0.3, 0.4) is 0 Å². The third-order valence-electron chi connectivity index (χ3n) is 1.44. The summed E-state index contributed by atoms with van der Waals surface area (Å²) in [5.41, 5.74) is -0.783. The van der Waals surface area contributed by atoms with Crippen LogP contribution in [-0.4, -0.2) is 12.7 Å². The van der Waals surface area contributed by atoms with Crippen molar-refractivity contribution in [1.82, 2.24) is 0 Å². The van der Waals surface area contributed by atoms with Crippen molar-refractivity contribution in [2.75, 3.05) is 0 Å². The van der Waals surface area contributed by atoms with Gasteiger partial charge in [0.05, 0.1) is 10.0 Å². The summed E-state index contributed by atoms with van der Waals surface area (Å²) in [4.78, 5) is 0. The van der Waals surface area contributed by atoms with Crippen LogP contribution in [0.15, 0.2) is 22.7 Å². The minimum atomic E-state index is -4.38. The first kappa shape index (κ1) is 11.4. The van der Waals surface area contributed by atoms with Gasteiger partial charge in [-0.15, -0.1) is 0 Å². The number of halogens is 4. The van der Waals surface area contributed by atoms with Crippen LogP contribution < -0.4 is 4.65 Å². The Morgan fingerprint density at radius 3 is 2.43 bits per heavy atom. The molecule has 2 nitrogen and oxygen atoms in total. The molecule has 1 radical (unpaired) electrons. The molecule has 0 aliphatic carbocycles. The van der Waals surface area contributed by atoms with Gasteiger partial charge in [-0.25, -0.2) is 0 Å². The molecule has 1 aromatic carbocycles. The summed E-state index contributed by atoms with van der Waals surface area (Å²) in [5.74, 6) is 0.112. The Balaban J connectivity index is 3.01. The second-order valence-electron chi connectivity index (χ2n) is 2.37. The van der Waals surface area contributed by atoms with Crippen LogP contribution in [0.25, 0.3) is 0 Å². The summed E-state index contributed by atoms with van der Waals surface area (Å²) >= 11 is 2.88. The molecule has 0 aliphatic rings. The van der Waals surface area contributed by atoms with E-state index < -0.39 is 11.7 Å². The fourth-order valence-corrected chi connectivity index (χ4v) is 1.30. The van der Waals surface area contributed by atoms with Gasteiger partial charge in [-0.05, 0) is 34.1 Å². The Hall–Kier alpha value is -0.685. The lowest BCUT2D eigenvalue weighted by Crippen LogP contribution is -2.06. The maximum atomic E-state index is 12.2. The van der Waals surface area contributed by atoms with Gasteiger partial charge in [-0.1, -0.05) is 0 Å². The van der Waals surface area contributed by atoms with Gasteiger partial charge in [-0.3, -0.25) is 0 Å². The molecule has 0 aromatic heterocycles. The Morgan fingerprint density at radius 1 is 1.36 bits per heavy atom. The number of alkyl halides is 3. The smallest absolute Gasteiger partial charge is 0.537 e. The molecule has 0 unspecified atom stereocenters.